The Bertz CT molecular complexity index is 371. The summed E-state index contributed by atoms with van der Waals surface area (Å²) in [6.45, 7) is 5.00. The normalized spacial score (nSPS) is 15.0. The van der Waals surface area contributed by atoms with Gasteiger partial charge in [-0.15, -0.1) is 11.8 Å². The van der Waals surface area contributed by atoms with Gasteiger partial charge in [-0.2, -0.15) is 0 Å². The highest BCUT2D eigenvalue weighted by atomic mass is 16.2. The van der Waals surface area contributed by atoms with Crippen LogP contribution in [0.5, 0.6) is 0 Å². The molecule has 1 aliphatic rings. The summed E-state index contributed by atoms with van der Waals surface area (Å²) >= 11 is 0. The summed E-state index contributed by atoms with van der Waals surface area (Å²) in [5.74, 6) is 12.3. The van der Waals surface area contributed by atoms with Crippen LogP contribution in [0.3, 0.4) is 0 Å². The lowest BCUT2D eigenvalue weighted by molar-refractivity contribution is -0.130. The molecule has 98 valence electrons. The predicted octanol–water partition coefficient (Wildman–Crippen LogP) is 2.83. The first-order chi connectivity index (χ1) is 8.77. The summed E-state index contributed by atoms with van der Waals surface area (Å²) in [5.41, 5.74) is 0. The highest BCUT2D eigenvalue weighted by Gasteiger charge is 2.19. The molecule has 18 heavy (non-hydrogen) atoms. The van der Waals surface area contributed by atoms with Crippen molar-refractivity contribution in [3.8, 4) is 23.7 Å². The van der Waals surface area contributed by atoms with Crippen LogP contribution in [-0.4, -0.2) is 23.9 Å². The highest BCUT2D eigenvalue weighted by Crippen LogP contribution is 2.24. The fourth-order valence-corrected chi connectivity index (χ4v) is 2.39. The van der Waals surface area contributed by atoms with E-state index in [0.717, 1.165) is 6.54 Å². The molecule has 0 unspecified atom stereocenters. The van der Waals surface area contributed by atoms with E-state index in [9.17, 15) is 4.79 Å². The van der Waals surface area contributed by atoms with Crippen LogP contribution in [0.2, 0.25) is 0 Å². The Balaban J connectivity index is 2.53. The van der Waals surface area contributed by atoms with Crippen molar-refractivity contribution in [3.05, 3.63) is 0 Å². The van der Waals surface area contributed by atoms with Gasteiger partial charge in [-0.05, 0) is 32.6 Å². The number of hydrogen-bond donors (Lipinski definition) is 0. The molecule has 0 aromatic rings. The summed E-state index contributed by atoms with van der Waals surface area (Å²) in [5, 5.41) is 0. The number of nitrogens with zero attached hydrogens (tertiary/aromatic N) is 1. The molecule has 1 amide bonds. The van der Waals surface area contributed by atoms with E-state index >= 15 is 0 Å². The molecule has 0 aromatic carbocycles. The fraction of sp³-hybridized carbons (Fsp3) is 0.688. The van der Waals surface area contributed by atoms with E-state index < -0.39 is 0 Å². The summed E-state index contributed by atoms with van der Waals surface area (Å²) in [4.78, 5) is 13.9. The van der Waals surface area contributed by atoms with Crippen molar-refractivity contribution < 1.29 is 4.79 Å². The molecule has 1 aliphatic carbocycles. The van der Waals surface area contributed by atoms with Gasteiger partial charge in [0.1, 0.15) is 0 Å². The molecule has 1 rings (SSSR count). The second-order valence-corrected chi connectivity index (χ2v) is 4.81. The van der Waals surface area contributed by atoms with Crippen LogP contribution >= 0.6 is 0 Å². The van der Waals surface area contributed by atoms with Crippen LogP contribution in [0.15, 0.2) is 0 Å². The van der Waals surface area contributed by atoms with E-state index in [4.69, 9.17) is 0 Å². The van der Waals surface area contributed by atoms with Crippen molar-refractivity contribution in [1.82, 2.24) is 4.90 Å². The van der Waals surface area contributed by atoms with E-state index in [1.807, 2.05) is 11.8 Å². The monoisotopic (exact) mass is 245 g/mol. The zero-order valence-corrected chi connectivity index (χ0v) is 11.6. The van der Waals surface area contributed by atoms with Crippen LogP contribution in [0.4, 0.5) is 0 Å². The van der Waals surface area contributed by atoms with Crippen LogP contribution in [0.1, 0.15) is 52.4 Å². The summed E-state index contributed by atoms with van der Waals surface area (Å²) in [6.07, 6.45) is 6.79. The maximum Gasteiger partial charge on any atom is 0.235 e. The largest absolute Gasteiger partial charge is 0.330 e. The van der Waals surface area contributed by atoms with E-state index in [0.29, 0.717) is 18.9 Å². The van der Waals surface area contributed by atoms with Gasteiger partial charge in [0, 0.05) is 6.54 Å². The predicted molar refractivity (Wildman–Crippen MR) is 74.7 cm³/mol. The lowest BCUT2D eigenvalue weighted by atomic mass is 9.89. The molecule has 2 nitrogen and oxygen atoms in total. The van der Waals surface area contributed by atoms with Gasteiger partial charge in [-0.1, -0.05) is 31.1 Å². The summed E-state index contributed by atoms with van der Waals surface area (Å²) in [7, 11) is 0. The molecule has 0 spiro atoms. The van der Waals surface area contributed by atoms with Crippen LogP contribution in [-0.2, 0) is 4.79 Å². The SMILES string of the molecule is CC#CCC(=O)N(CC#CC)CC1CCCCC1. The molecule has 0 atom stereocenters. The van der Waals surface area contributed by atoms with Crippen LogP contribution in [0, 0.1) is 29.6 Å². The average Bonchev–Trinajstić information content (AvgIpc) is 2.42. The number of carbonyl (C=O) groups is 1. The van der Waals surface area contributed by atoms with Crippen LogP contribution < -0.4 is 0 Å². The molecule has 0 bridgehead atoms. The van der Waals surface area contributed by atoms with Gasteiger partial charge in [-0.3, -0.25) is 4.79 Å². The zero-order valence-electron chi connectivity index (χ0n) is 11.6. The molecule has 1 fully saturated rings. The Labute approximate surface area is 111 Å². The van der Waals surface area contributed by atoms with E-state index in [1.54, 1.807) is 6.92 Å². The second kappa shape index (κ2) is 8.65. The average molecular weight is 245 g/mol. The van der Waals surface area contributed by atoms with Gasteiger partial charge >= 0.3 is 0 Å². The van der Waals surface area contributed by atoms with Crippen molar-refractivity contribution in [1.29, 1.82) is 0 Å². The van der Waals surface area contributed by atoms with Gasteiger partial charge in [0.2, 0.25) is 5.91 Å². The standard InChI is InChI=1S/C16H23NO/c1-3-5-12-16(18)17(13-6-4-2)14-15-10-8-7-9-11-15/h15H,7-14H2,1-2H3. The maximum absolute atomic E-state index is 12.0. The first-order valence-corrected chi connectivity index (χ1v) is 6.85. The Morgan fingerprint density at radius 2 is 1.78 bits per heavy atom. The van der Waals surface area contributed by atoms with Gasteiger partial charge in [-0.25, -0.2) is 0 Å². The van der Waals surface area contributed by atoms with Crippen molar-refractivity contribution in [2.45, 2.75) is 52.4 Å². The van der Waals surface area contributed by atoms with Gasteiger partial charge in [0.25, 0.3) is 0 Å². The first kappa shape index (κ1) is 14.7. The lowest BCUT2D eigenvalue weighted by Crippen LogP contribution is -2.36. The molecular formula is C16H23NO. The molecule has 1 saturated carbocycles. The summed E-state index contributed by atoms with van der Waals surface area (Å²) in [6, 6.07) is 0. The Kier molecular flexibility index (Phi) is 7.04. The Morgan fingerprint density at radius 1 is 1.11 bits per heavy atom. The zero-order chi connectivity index (χ0) is 13.2. The molecule has 0 aromatic heterocycles. The second-order valence-electron chi connectivity index (χ2n) is 4.81. The van der Waals surface area contributed by atoms with Crippen molar-refractivity contribution in [2.75, 3.05) is 13.1 Å². The molecule has 0 saturated heterocycles. The number of carbonyl (C=O) groups excluding carboxylic acids is 1. The van der Waals surface area contributed by atoms with Crippen LogP contribution in [0.25, 0.3) is 0 Å². The molecular weight excluding hydrogens is 222 g/mol. The van der Waals surface area contributed by atoms with Gasteiger partial charge in [0.15, 0.2) is 0 Å². The molecule has 2 heteroatoms. The van der Waals surface area contributed by atoms with E-state index in [2.05, 4.69) is 23.7 Å². The third-order valence-electron chi connectivity index (χ3n) is 3.42. The molecule has 0 radical (unpaired) electrons. The van der Waals surface area contributed by atoms with Gasteiger partial charge in [0.05, 0.1) is 13.0 Å². The fourth-order valence-electron chi connectivity index (χ4n) is 2.39. The first-order valence-electron chi connectivity index (χ1n) is 6.85. The molecule has 0 N–H and O–H groups in total. The number of rotatable bonds is 4. The summed E-state index contributed by atoms with van der Waals surface area (Å²) < 4.78 is 0. The molecule has 0 heterocycles. The van der Waals surface area contributed by atoms with Crippen molar-refractivity contribution >= 4 is 5.91 Å². The quantitative estimate of drug-likeness (QED) is 0.697. The third kappa shape index (κ3) is 5.28. The third-order valence-corrected chi connectivity index (χ3v) is 3.42. The topological polar surface area (TPSA) is 20.3 Å². The minimum absolute atomic E-state index is 0.123. The lowest BCUT2D eigenvalue weighted by Gasteiger charge is -2.28. The maximum atomic E-state index is 12.0. The van der Waals surface area contributed by atoms with E-state index in [1.165, 1.54) is 32.1 Å². The van der Waals surface area contributed by atoms with E-state index in [-0.39, 0.29) is 5.91 Å². The minimum atomic E-state index is 0.123. The Hall–Kier alpha value is -1.41. The number of hydrogen-bond acceptors (Lipinski definition) is 1. The minimum Gasteiger partial charge on any atom is -0.330 e. The van der Waals surface area contributed by atoms with Crippen molar-refractivity contribution in [2.24, 2.45) is 5.92 Å². The highest BCUT2D eigenvalue weighted by molar-refractivity contribution is 5.79. The molecule has 0 aliphatic heterocycles. The Morgan fingerprint density at radius 3 is 2.39 bits per heavy atom. The smallest absolute Gasteiger partial charge is 0.235 e. The van der Waals surface area contributed by atoms with Crippen molar-refractivity contribution in [3.63, 3.8) is 0 Å². The van der Waals surface area contributed by atoms with Gasteiger partial charge < -0.3 is 4.90 Å². The number of amides is 1.